The molecule has 1 aromatic carbocycles. The molecule has 0 bridgehead atoms. The van der Waals surface area contributed by atoms with E-state index in [-0.39, 0.29) is 23.6 Å². The second kappa shape index (κ2) is 7.02. The average Bonchev–Trinajstić information content (AvgIpc) is 2.60. The molecule has 0 amide bonds. The molecule has 2 aromatic heterocycles. The van der Waals surface area contributed by atoms with E-state index in [0.717, 1.165) is 4.90 Å². The Hall–Kier alpha value is -3.05. The normalized spacial score (nSPS) is 10.3. The molecule has 0 aliphatic rings. The highest BCUT2D eigenvalue weighted by Crippen LogP contribution is 2.27. The second-order valence-electron chi connectivity index (χ2n) is 4.70. The molecule has 0 radical (unpaired) electrons. The SMILES string of the molecule is N#Cc1nc(Cn2ncccc2=O)cnc1Sc1ccc(F)cc1. The van der Waals surface area contributed by atoms with Crippen LogP contribution in [0.2, 0.25) is 0 Å². The van der Waals surface area contributed by atoms with Crippen LogP contribution < -0.4 is 5.56 Å². The van der Waals surface area contributed by atoms with Crippen molar-refractivity contribution >= 4 is 11.8 Å². The maximum Gasteiger partial charge on any atom is 0.267 e. The molecular formula is C16H10FN5OS. The summed E-state index contributed by atoms with van der Waals surface area (Å²) >= 11 is 1.22. The number of halogens is 1. The van der Waals surface area contributed by atoms with E-state index in [1.54, 1.807) is 18.2 Å². The minimum atomic E-state index is -0.331. The Bertz CT molecular complexity index is 965. The fourth-order valence-electron chi connectivity index (χ4n) is 1.91. The standard InChI is InChI=1S/C16H10FN5OS/c17-11-3-5-13(6-4-11)24-16-14(8-18)21-12(9-19-16)10-22-15(23)2-1-7-20-22/h1-7,9H,10H2. The van der Waals surface area contributed by atoms with Crippen molar-refractivity contribution in [1.82, 2.24) is 19.7 Å². The monoisotopic (exact) mass is 339 g/mol. The molecule has 8 heteroatoms. The fourth-order valence-corrected chi connectivity index (χ4v) is 2.70. The van der Waals surface area contributed by atoms with Gasteiger partial charge >= 0.3 is 0 Å². The molecule has 2 heterocycles. The van der Waals surface area contributed by atoms with E-state index in [1.165, 1.54) is 47.0 Å². The van der Waals surface area contributed by atoms with Crippen LogP contribution in [0, 0.1) is 17.1 Å². The van der Waals surface area contributed by atoms with Crippen LogP contribution in [0.25, 0.3) is 0 Å². The van der Waals surface area contributed by atoms with Crippen LogP contribution in [0.5, 0.6) is 0 Å². The molecule has 0 aliphatic heterocycles. The summed E-state index contributed by atoms with van der Waals surface area (Å²) in [6.45, 7) is 0.128. The zero-order valence-corrected chi connectivity index (χ0v) is 13.1. The molecule has 0 unspecified atom stereocenters. The summed E-state index contributed by atoms with van der Waals surface area (Å²) in [5, 5.41) is 13.6. The van der Waals surface area contributed by atoms with Gasteiger partial charge < -0.3 is 0 Å². The van der Waals surface area contributed by atoms with Gasteiger partial charge in [-0.2, -0.15) is 10.4 Å². The average molecular weight is 339 g/mol. The molecule has 0 atom stereocenters. The molecule has 3 aromatic rings. The lowest BCUT2D eigenvalue weighted by atomic mass is 10.3. The third-order valence-corrected chi connectivity index (χ3v) is 4.02. The Labute approximate surface area is 140 Å². The van der Waals surface area contributed by atoms with Crippen LogP contribution in [0.15, 0.2) is 63.5 Å². The van der Waals surface area contributed by atoms with Gasteiger partial charge in [0.2, 0.25) is 0 Å². The minimum Gasteiger partial charge on any atom is -0.268 e. The predicted molar refractivity (Wildman–Crippen MR) is 84.9 cm³/mol. The second-order valence-corrected chi connectivity index (χ2v) is 5.76. The van der Waals surface area contributed by atoms with Crippen LogP contribution in [0.4, 0.5) is 4.39 Å². The van der Waals surface area contributed by atoms with Gasteiger partial charge in [-0.25, -0.2) is 19.0 Å². The van der Waals surface area contributed by atoms with Gasteiger partial charge in [0.1, 0.15) is 16.9 Å². The van der Waals surface area contributed by atoms with Crippen molar-refractivity contribution in [2.24, 2.45) is 0 Å². The molecular weight excluding hydrogens is 329 g/mol. The molecule has 0 N–H and O–H groups in total. The number of aromatic nitrogens is 4. The Morgan fingerprint density at radius 2 is 2.04 bits per heavy atom. The molecule has 118 valence electrons. The first-order valence-corrected chi connectivity index (χ1v) is 7.69. The van der Waals surface area contributed by atoms with Gasteiger partial charge in [-0.15, -0.1) is 0 Å². The molecule has 0 spiro atoms. The van der Waals surface area contributed by atoms with Gasteiger partial charge in [-0.1, -0.05) is 11.8 Å². The van der Waals surface area contributed by atoms with Crippen molar-refractivity contribution < 1.29 is 4.39 Å². The van der Waals surface area contributed by atoms with Crippen molar-refractivity contribution in [3.05, 3.63) is 76.4 Å². The first-order chi connectivity index (χ1) is 11.7. The van der Waals surface area contributed by atoms with E-state index in [2.05, 4.69) is 15.1 Å². The number of benzene rings is 1. The maximum absolute atomic E-state index is 12.9. The molecule has 3 rings (SSSR count). The van der Waals surface area contributed by atoms with E-state index >= 15 is 0 Å². The molecule has 0 fully saturated rings. The number of rotatable bonds is 4. The van der Waals surface area contributed by atoms with Gasteiger partial charge in [0.05, 0.1) is 18.4 Å². The van der Waals surface area contributed by atoms with Crippen molar-refractivity contribution in [3.63, 3.8) is 0 Å². The zero-order valence-electron chi connectivity index (χ0n) is 12.3. The molecule has 6 nitrogen and oxygen atoms in total. The highest BCUT2D eigenvalue weighted by molar-refractivity contribution is 7.99. The number of nitrogens with zero attached hydrogens (tertiary/aromatic N) is 5. The van der Waals surface area contributed by atoms with E-state index in [1.807, 2.05) is 6.07 Å². The summed E-state index contributed by atoms with van der Waals surface area (Å²) in [6.07, 6.45) is 2.99. The van der Waals surface area contributed by atoms with E-state index < -0.39 is 0 Å². The molecule has 0 aliphatic carbocycles. The van der Waals surface area contributed by atoms with Gasteiger partial charge in [0.25, 0.3) is 5.56 Å². The largest absolute Gasteiger partial charge is 0.268 e. The lowest BCUT2D eigenvalue weighted by Crippen LogP contribution is -2.22. The van der Waals surface area contributed by atoms with Gasteiger partial charge in [0, 0.05) is 17.2 Å². The Morgan fingerprint density at radius 3 is 2.75 bits per heavy atom. The zero-order chi connectivity index (χ0) is 16.9. The van der Waals surface area contributed by atoms with Crippen molar-refractivity contribution in [2.45, 2.75) is 16.5 Å². The highest BCUT2D eigenvalue weighted by atomic mass is 32.2. The van der Waals surface area contributed by atoms with Crippen molar-refractivity contribution in [3.8, 4) is 6.07 Å². The van der Waals surface area contributed by atoms with E-state index in [4.69, 9.17) is 0 Å². The van der Waals surface area contributed by atoms with E-state index in [9.17, 15) is 14.4 Å². The van der Waals surface area contributed by atoms with Gasteiger partial charge in [-0.3, -0.25) is 4.79 Å². The Morgan fingerprint density at radius 1 is 1.25 bits per heavy atom. The summed E-state index contributed by atoms with van der Waals surface area (Å²) in [4.78, 5) is 20.9. The lowest BCUT2D eigenvalue weighted by molar-refractivity contribution is 0.623. The summed E-state index contributed by atoms with van der Waals surface area (Å²) in [5.41, 5.74) is 0.337. The predicted octanol–water partition coefficient (Wildman–Crippen LogP) is 2.24. The minimum absolute atomic E-state index is 0.128. The van der Waals surface area contributed by atoms with Crippen LogP contribution in [-0.4, -0.2) is 19.7 Å². The van der Waals surface area contributed by atoms with Crippen LogP contribution in [-0.2, 0) is 6.54 Å². The summed E-state index contributed by atoms with van der Waals surface area (Å²) < 4.78 is 14.2. The topological polar surface area (TPSA) is 84.5 Å². The third-order valence-electron chi connectivity index (χ3n) is 3.02. The van der Waals surface area contributed by atoms with Crippen molar-refractivity contribution in [1.29, 1.82) is 5.26 Å². The van der Waals surface area contributed by atoms with Crippen LogP contribution in [0.3, 0.4) is 0 Å². The molecule has 24 heavy (non-hydrogen) atoms. The number of hydrogen-bond donors (Lipinski definition) is 0. The summed E-state index contributed by atoms with van der Waals surface area (Å²) in [7, 11) is 0. The van der Waals surface area contributed by atoms with Crippen LogP contribution >= 0.6 is 11.8 Å². The lowest BCUT2D eigenvalue weighted by Gasteiger charge is -2.06. The third kappa shape index (κ3) is 3.64. The first kappa shape index (κ1) is 15.8. The Balaban J connectivity index is 1.86. The highest BCUT2D eigenvalue weighted by Gasteiger charge is 2.10. The summed E-state index contributed by atoms with van der Waals surface area (Å²) in [5.74, 6) is -0.331. The fraction of sp³-hybridized carbons (Fsp3) is 0.0625. The molecule has 0 saturated heterocycles. The maximum atomic E-state index is 12.9. The quantitative estimate of drug-likeness (QED) is 0.725. The smallest absolute Gasteiger partial charge is 0.267 e. The first-order valence-electron chi connectivity index (χ1n) is 6.87. The van der Waals surface area contributed by atoms with Gasteiger partial charge in [-0.05, 0) is 30.3 Å². The van der Waals surface area contributed by atoms with Crippen LogP contribution in [0.1, 0.15) is 11.4 Å². The van der Waals surface area contributed by atoms with E-state index in [0.29, 0.717) is 10.7 Å². The number of hydrogen-bond acceptors (Lipinski definition) is 6. The summed E-state index contributed by atoms with van der Waals surface area (Å²) in [6, 6.07) is 10.8. The molecule has 0 saturated carbocycles. The van der Waals surface area contributed by atoms with Crippen molar-refractivity contribution in [2.75, 3.05) is 0 Å². The van der Waals surface area contributed by atoms with Gasteiger partial charge in [0.15, 0.2) is 5.69 Å². The number of nitriles is 1. The Kier molecular flexibility index (Phi) is 4.63.